The molecule has 3 aromatic rings. The van der Waals surface area contributed by atoms with Crippen molar-refractivity contribution in [1.29, 1.82) is 0 Å². The topological polar surface area (TPSA) is 62.3 Å². The van der Waals surface area contributed by atoms with Gasteiger partial charge in [0.05, 0.1) is 15.1 Å². The third-order valence-corrected chi connectivity index (χ3v) is 6.49. The zero-order chi connectivity index (χ0) is 20.5. The summed E-state index contributed by atoms with van der Waals surface area (Å²) < 4.78 is 14.2. The molecule has 0 atom stereocenters. The summed E-state index contributed by atoms with van der Waals surface area (Å²) in [5, 5.41) is 3.69. The van der Waals surface area contributed by atoms with Crippen molar-refractivity contribution in [3.63, 3.8) is 0 Å². The number of amides is 2. The van der Waals surface area contributed by atoms with Gasteiger partial charge in [-0.25, -0.2) is 9.37 Å². The Morgan fingerprint density at radius 1 is 1.28 bits per heavy atom. The van der Waals surface area contributed by atoms with Crippen molar-refractivity contribution in [2.24, 2.45) is 0 Å². The van der Waals surface area contributed by atoms with Crippen LogP contribution < -0.4 is 5.32 Å². The zero-order valence-electron chi connectivity index (χ0n) is 14.5. The molecule has 2 amide bonds. The molecule has 1 fully saturated rings. The Bertz CT molecular complexity index is 1180. The van der Waals surface area contributed by atoms with Gasteiger partial charge in [-0.1, -0.05) is 59.1 Å². The highest BCUT2D eigenvalue weighted by Crippen LogP contribution is 2.33. The molecule has 10 heteroatoms. The zero-order valence-corrected chi connectivity index (χ0v) is 17.7. The van der Waals surface area contributed by atoms with Crippen LogP contribution in [0.5, 0.6) is 0 Å². The Hall–Kier alpha value is -2.33. The normalized spacial score (nSPS) is 15.5. The number of hydrogen-bond acceptors (Lipinski definition) is 6. The summed E-state index contributed by atoms with van der Waals surface area (Å²) in [4.78, 5) is 31.0. The lowest BCUT2D eigenvalue weighted by Crippen LogP contribution is -2.36. The number of halogens is 2. The number of benzene rings is 2. The van der Waals surface area contributed by atoms with Gasteiger partial charge in [0, 0.05) is 5.02 Å². The fraction of sp³-hybridized carbons (Fsp3) is 0.0526. The first-order valence-electron chi connectivity index (χ1n) is 8.26. The van der Waals surface area contributed by atoms with Gasteiger partial charge in [-0.05, 0) is 42.0 Å². The van der Waals surface area contributed by atoms with Crippen LogP contribution in [0.3, 0.4) is 0 Å². The summed E-state index contributed by atoms with van der Waals surface area (Å²) in [6, 6.07) is 11.0. The van der Waals surface area contributed by atoms with Crippen LogP contribution >= 0.6 is 46.9 Å². The highest BCUT2D eigenvalue weighted by molar-refractivity contribution is 8.26. The second-order valence-electron chi connectivity index (χ2n) is 6.00. The van der Waals surface area contributed by atoms with Crippen LogP contribution in [0.4, 0.5) is 9.52 Å². The van der Waals surface area contributed by atoms with Gasteiger partial charge < -0.3 is 5.32 Å². The van der Waals surface area contributed by atoms with Gasteiger partial charge in [0.25, 0.3) is 5.91 Å². The Morgan fingerprint density at radius 2 is 2.03 bits per heavy atom. The molecule has 1 saturated heterocycles. The molecule has 146 valence electrons. The van der Waals surface area contributed by atoms with E-state index in [0.29, 0.717) is 20.6 Å². The lowest BCUT2D eigenvalue weighted by Gasteiger charge is -2.13. The molecule has 0 spiro atoms. The van der Waals surface area contributed by atoms with E-state index in [-0.39, 0.29) is 22.6 Å². The number of fused-ring (bicyclic) bond motifs is 1. The van der Waals surface area contributed by atoms with E-state index in [1.165, 1.54) is 28.4 Å². The molecule has 2 heterocycles. The smallest absolute Gasteiger partial charge is 0.266 e. The minimum absolute atomic E-state index is 0.220. The van der Waals surface area contributed by atoms with Crippen LogP contribution in [0.1, 0.15) is 5.56 Å². The van der Waals surface area contributed by atoms with Crippen LogP contribution in [0.25, 0.3) is 16.3 Å². The van der Waals surface area contributed by atoms with Crippen LogP contribution in [0, 0.1) is 5.82 Å². The first-order chi connectivity index (χ1) is 13.9. The maximum absolute atomic E-state index is 13.0. The van der Waals surface area contributed by atoms with Crippen LogP contribution in [-0.2, 0) is 9.59 Å². The molecule has 5 nitrogen and oxygen atoms in total. The van der Waals surface area contributed by atoms with Gasteiger partial charge >= 0.3 is 0 Å². The van der Waals surface area contributed by atoms with Crippen molar-refractivity contribution in [2.45, 2.75) is 0 Å². The summed E-state index contributed by atoms with van der Waals surface area (Å²) in [6.45, 7) is -0.220. The molecule has 0 radical (unpaired) electrons. The minimum Gasteiger partial charge on any atom is -0.300 e. The van der Waals surface area contributed by atoms with E-state index in [2.05, 4.69) is 10.3 Å². The van der Waals surface area contributed by atoms with Crippen molar-refractivity contribution in [3.8, 4) is 0 Å². The van der Waals surface area contributed by atoms with E-state index in [0.717, 1.165) is 22.0 Å². The third kappa shape index (κ3) is 4.48. The summed E-state index contributed by atoms with van der Waals surface area (Å²) in [5.74, 6) is -1.13. The SMILES string of the molecule is O=C(CN1C(=O)/C(=C/c2ccc(F)cc2)SC1=S)Nc1nc2ccc(Cl)cc2s1. The number of rotatable bonds is 4. The number of thioether (sulfide) groups is 1. The molecule has 1 aromatic heterocycles. The first-order valence-corrected chi connectivity index (χ1v) is 10.7. The molecule has 29 heavy (non-hydrogen) atoms. The number of nitrogens with zero attached hydrogens (tertiary/aromatic N) is 2. The summed E-state index contributed by atoms with van der Waals surface area (Å²) in [7, 11) is 0. The maximum Gasteiger partial charge on any atom is 0.266 e. The molecule has 1 aliphatic heterocycles. The predicted molar refractivity (Wildman–Crippen MR) is 120 cm³/mol. The number of anilines is 1. The first kappa shape index (κ1) is 20.0. The quantitative estimate of drug-likeness (QED) is 0.439. The number of carbonyl (C=O) groups excluding carboxylic acids is 2. The summed E-state index contributed by atoms with van der Waals surface area (Å²) in [5.41, 5.74) is 1.40. The standard InChI is InChI=1S/C19H11ClFN3O2S3/c20-11-3-6-13-14(8-11)28-18(22-13)23-16(25)9-24-17(26)15(29-19(24)27)7-10-1-4-12(21)5-2-10/h1-8H,9H2,(H,22,23,25)/b15-7-. The predicted octanol–water partition coefficient (Wildman–Crippen LogP) is 4.93. The molecule has 1 N–H and O–H groups in total. The second-order valence-corrected chi connectivity index (χ2v) is 9.14. The molecular formula is C19H11ClFN3O2S3. The van der Waals surface area contributed by atoms with Gasteiger partial charge in [0.15, 0.2) is 5.13 Å². The number of nitrogens with one attached hydrogen (secondary N) is 1. The molecule has 0 saturated carbocycles. The highest BCUT2D eigenvalue weighted by Gasteiger charge is 2.33. The highest BCUT2D eigenvalue weighted by atomic mass is 35.5. The third-order valence-electron chi connectivity index (χ3n) is 3.94. The van der Waals surface area contributed by atoms with Gasteiger partial charge in [-0.2, -0.15) is 0 Å². The van der Waals surface area contributed by atoms with E-state index in [9.17, 15) is 14.0 Å². The Labute approximate surface area is 183 Å². The lowest BCUT2D eigenvalue weighted by molar-refractivity contribution is -0.126. The van der Waals surface area contributed by atoms with Gasteiger partial charge in [-0.3, -0.25) is 14.5 Å². The molecule has 0 bridgehead atoms. The Morgan fingerprint density at radius 3 is 2.79 bits per heavy atom. The van der Waals surface area contributed by atoms with Crippen molar-refractivity contribution >= 4 is 84.5 Å². The van der Waals surface area contributed by atoms with E-state index in [1.54, 1.807) is 36.4 Å². The number of thiazole rings is 1. The summed E-state index contributed by atoms with van der Waals surface area (Å²) >= 11 is 13.6. The van der Waals surface area contributed by atoms with Gasteiger partial charge in [0.2, 0.25) is 5.91 Å². The van der Waals surface area contributed by atoms with Crippen molar-refractivity contribution in [3.05, 3.63) is 63.8 Å². The van der Waals surface area contributed by atoms with E-state index < -0.39 is 5.91 Å². The number of aromatic nitrogens is 1. The molecule has 1 aliphatic rings. The summed E-state index contributed by atoms with van der Waals surface area (Å²) in [6.07, 6.45) is 1.62. The van der Waals surface area contributed by atoms with Crippen molar-refractivity contribution < 1.29 is 14.0 Å². The Balaban J connectivity index is 1.45. The van der Waals surface area contributed by atoms with E-state index >= 15 is 0 Å². The van der Waals surface area contributed by atoms with Crippen LogP contribution in [-0.4, -0.2) is 32.6 Å². The van der Waals surface area contributed by atoms with Crippen LogP contribution in [0.2, 0.25) is 5.02 Å². The molecule has 0 unspecified atom stereocenters. The number of carbonyl (C=O) groups is 2. The van der Waals surface area contributed by atoms with E-state index in [1.807, 2.05) is 0 Å². The Kier molecular flexibility index (Phi) is 5.64. The number of hydrogen-bond donors (Lipinski definition) is 1. The fourth-order valence-electron chi connectivity index (χ4n) is 2.60. The van der Waals surface area contributed by atoms with Crippen molar-refractivity contribution in [2.75, 3.05) is 11.9 Å². The maximum atomic E-state index is 13.0. The average molecular weight is 464 g/mol. The van der Waals surface area contributed by atoms with E-state index in [4.69, 9.17) is 23.8 Å². The molecular weight excluding hydrogens is 453 g/mol. The van der Waals surface area contributed by atoms with Crippen molar-refractivity contribution in [1.82, 2.24) is 9.88 Å². The van der Waals surface area contributed by atoms with Gasteiger partial charge in [0.1, 0.15) is 16.7 Å². The minimum atomic E-state index is -0.408. The van der Waals surface area contributed by atoms with Crippen LogP contribution in [0.15, 0.2) is 47.4 Å². The number of thiocarbonyl (C=S) groups is 1. The average Bonchev–Trinajstić information content (AvgIpc) is 3.18. The molecule has 4 rings (SSSR count). The molecule has 2 aromatic carbocycles. The monoisotopic (exact) mass is 463 g/mol. The van der Waals surface area contributed by atoms with Gasteiger partial charge in [-0.15, -0.1) is 0 Å². The second kappa shape index (κ2) is 8.19. The lowest BCUT2D eigenvalue weighted by atomic mass is 10.2. The fourth-order valence-corrected chi connectivity index (χ4v) is 5.01. The molecule has 0 aliphatic carbocycles. The largest absolute Gasteiger partial charge is 0.300 e.